The summed E-state index contributed by atoms with van der Waals surface area (Å²) in [6.45, 7) is 2.71. The molecule has 3 nitrogen and oxygen atoms in total. The zero-order chi connectivity index (χ0) is 17.5. The van der Waals surface area contributed by atoms with E-state index >= 15 is 0 Å². The maximum atomic E-state index is 13.3. The molecule has 2 aromatic carbocycles. The van der Waals surface area contributed by atoms with Crippen LogP contribution in [0.25, 0.3) is 0 Å². The average molecular weight is 355 g/mol. The minimum atomic E-state index is -0.183. The summed E-state index contributed by atoms with van der Waals surface area (Å²) < 4.78 is 0. The van der Waals surface area contributed by atoms with Crippen molar-refractivity contribution >= 4 is 17.7 Å². The highest BCUT2D eigenvalue weighted by molar-refractivity contribution is 8.00. The molecule has 2 unspecified atom stereocenters. The molecule has 1 N–H and O–H groups in total. The summed E-state index contributed by atoms with van der Waals surface area (Å²) in [5.41, 5.74) is 1.08. The van der Waals surface area contributed by atoms with Crippen molar-refractivity contribution in [2.24, 2.45) is 5.92 Å². The lowest BCUT2D eigenvalue weighted by Crippen LogP contribution is -2.44. The van der Waals surface area contributed by atoms with Crippen molar-refractivity contribution < 1.29 is 4.79 Å². The molecule has 4 heteroatoms. The van der Waals surface area contributed by atoms with Gasteiger partial charge in [-0.1, -0.05) is 48.5 Å². The average Bonchev–Trinajstić information content (AvgIpc) is 2.68. The van der Waals surface area contributed by atoms with E-state index in [0.29, 0.717) is 5.92 Å². The number of thioether (sulfide) groups is 1. The Hall–Kier alpha value is -1.78. The largest absolute Gasteiger partial charge is 0.341 e. The Kier molecular flexibility index (Phi) is 6.54. The van der Waals surface area contributed by atoms with Gasteiger partial charge in [-0.2, -0.15) is 0 Å². The van der Waals surface area contributed by atoms with E-state index in [1.54, 1.807) is 11.8 Å². The van der Waals surface area contributed by atoms with E-state index in [1.807, 2.05) is 43.4 Å². The second kappa shape index (κ2) is 9.07. The monoisotopic (exact) mass is 354 g/mol. The molecule has 0 saturated carbocycles. The van der Waals surface area contributed by atoms with Gasteiger partial charge < -0.3 is 10.2 Å². The Morgan fingerprint density at radius 2 is 1.84 bits per heavy atom. The highest BCUT2D eigenvalue weighted by atomic mass is 32.2. The van der Waals surface area contributed by atoms with Gasteiger partial charge in [-0.3, -0.25) is 4.79 Å². The van der Waals surface area contributed by atoms with E-state index in [0.717, 1.165) is 36.5 Å². The van der Waals surface area contributed by atoms with Crippen molar-refractivity contribution in [1.29, 1.82) is 0 Å². The van der Waals surface area contributed by atoms with Crippen molar-refractivity contribution in [3.05, 3.63) is 66.2 Å². The molecule has 1 heterocycles. The van der Waals surface area contributed by atoms with E-state index < -0.39 is 0 Å². The molecule has 132 valence electrons. The van der Waals surface area contributed by atoms with Crippen molar-refractivity contribution in [3.8, 4) is 0 Å². The van der Waals surface area contributed by atoms with Crippen LogP contribution in [0.2, 0.25) is 0 Å². The third-order valence-electron chi connectivity index (χ3n) is 4.65. The van der Waals surface area contributed by atoms with Gasteiger partial charge in [0.05, 0.1) is 0 Å². The van der Waals surface area contributed by atoms with Gasteiger partial charge in [0.1, 0.15) is 5.25 Å². The number of nitrogens with one attached hydrogen (secondary N) is 1. The van der Waals surface area contributed by atoms with Crippen LogP contribution in [0.3, 0.4) is 0 Å². The Morgan fingerprint density at radius 3 is 2.52 bits per heavy atom. The first-order valence-electron chi connectivity index (χ1n) is 8.98. The van der Waals surface area contributed by atoms with Gasteiger partial charge in [0.15, 0.2) is 0 Å². The highest BCUT2D eigenvalue weighted by Gasteiger charge is 2.30. The molecule has 0 radical (unpaired) electrons. The van der Waals surface area contributed by atoms with E-state index in [4.69, 9.17) is 0 Å². The number of hydrogen-bond donors (Lipinski definition) is 1. The zero-order valence-corrected chi connectivity index (χ0v) is 15.5. The fourth-order valence-corrected chi connectivity index (χ4v) is 4.54. The fraction of sp³-hybridized carbons (Fsp3) is 0.381. The molecule has 0 spiro atoms. The summed E-state index contributed by atoms with van der Waals surface area (Å²) >= 11 is 1.65. The second-order valence-corrected chi connectivity index (χ2v) is 7.75. The number of carbonyl (C=O) groups excluding carboxylic acids is 1. The van der Waals surface area contributed by atoms with Crippen LogP contribution in [0.4, 0.5) is 0 Å². The lowest BCUT2D eigenvalue weighted by Gasteiger charge is -2.35. The van der Waals surface area contributed by atoms with Crippen LogP contribution in [-0.4, -0.2) is 37.5 Å². The molecule has 1 fully saturated rings. The second-order valence-electron chi connectivity index (χ2n) is 6.57. The van der Waals surface area contributed by atoms with Crippen molar-refractivity contribution in [2.75, 3.05) is 26.7 Å². The molecule has 2 aromatic rings. The minimum Gasteiger partial charge on any atom is -0.341 e. The molecule has 3 rings (SSSR count). The lowest BCUT2D eigenvalue weighted by atomic mass is 9.97. The first kappa shape index (κ1) is 18.0. The Bertz CT molecular complexity index is 660. The van der Waals surface area contributed by atoms with Gasteiger partial charge in [-0.05, 0) is 50.0 Å². The van der Waals surface area contributed by atoms with Crippen LogP contribution in [-0.2, 0) is 4.79 Å². The van der Waals surface area contributed by atoms with E-state index in [2.05, 4.69) is 34.5 Å². The van der Waals surface area contributed by atoms with Gasteiger partial charge in [0.25, 0.3) is 0 Å². The number of rotatable bonds is 6. The summed E-state index contributed by atoms with van der Waals surface area (Å²) in [5.74, 6) is 0.793. The number of amides is 1. The summed E-state index contributed by atoms with van der Waals surface area (Å²) in [4.78, 5) is 16.5. The molecule has 1 aliphatic rings. The Balaban J connectivity index is 1.79. The normalized spacial score (nSPS) is 18.8. The fourth-order valence-electron chi connectivity index (χ4n) is 3.41. The third kappa shape index (κ3) is 4.86. The van der Waals surface area contributed by atoms with Crippen LogP contribution in [0, 0.1) is 5.92 Å². The molecule has 1 amide bonds. The summed E-state index contributed by atoms with van der Waals surface area (Å²) in [6.07, 6.45) is 2.29. The van der Waals surface area contributed by atoms with E-state index in [9.17, 15) is 4.79 Å². The maximum absolute atomic E-state index is 13.3. The SMILES string of the molecule is CNCC1CCCN(C(=O)C(Sc2ccccc2)c2ccccc2)C1. The molecule has 0 aromatic heterocycles. The molecule has 25 heavy (non-hydrogen) atoms. The van der Waals surface area contributed by atoms with Crippen LogP contribution >= 0.6 is 11.8 Å². The van der Waals surface area contributed by atoms with Crippen LogP contribution in [0.1, 0.15) is 23.7 Å². The van der Waals surface area contributed by atoms with Crippen LogP contribution in [0.15, 0.2) is 65.6 Å². The Labute approximate surface area is 154 Å². The predicted octanol–water partition coefficient (Wildman–Crippen LogP) is 3.98. The van der Waals surface area contributed by atoms with E-state index in [1.165, 1.54) is 6.42 Å². The van der Waals surface area contributed by atoms with Crippen LogP contribution in [0.5, 0.6) is 0 Å². The standard InChI is InChI=1S/C21H26N2OS/c1-22-15-17-9-8-14-23(16-17)21(24)20(18-10-4-2-5-11-18)25-19-12-6-3-7-13-19/h2-7,10-13,17,20,22H,8-9,14-16H2,1H3. The summed E-state index contributed by atoms with van der Waals surface area (Å²) in [5, 5.41) is 3.07. The van der Waals surface area contributed by atoms with Gasteiger partial charge in [0, 0.05) is 18.0 Å². The number of hydrogen-bond acceptors (Lipinski definition) is 3. The topological polar surface area (TPSA) is 32.3 Å². The molecule has 2 atom stereocenters. The number of nitrogens with zero attached hydrogens (tertiary/aromatic N) is 1. The van der Waals surface area contributed by atoms with Crippen molar-refractivity contribution in [2.45, 2.75) is 23.0 Å². The number of carbonyl (C=O) groups is 1. The molecule has 0 bridgehead atoms. The van der Waals surface area contributed by atoms with E-state index in [-0.39, 0.29) is 11.2 Å². The van der Waals surface area contributed by atoms with Crippen LogP contribution < -0.4 is 5.32 Å². The van der Waals surface area contributed by atoms with Crippen molar-refractivity contribution in [1.82, 2.24) is 10.2 Å². The first-order chi connectivity index (χ1) is 12.3. The lowest BCUT2D eigenvalue weighted by molar-refractivity contribution is -0.132. The Morgan fingerprint density at radius 1 is 1.16 bits per heavy atom. The summed E-state index contributed by atoms with van der Waals surface area (Å²) in [7, 11) is 1.98. The van der Waals surface area contributed by atoms with Gasteiger partial charge in [-0.15, -0.1) is 11.8 Å². The number of benzene rings is 2. The highest BCUT2D eigenvalue weighted by Crippen LogP contribution is 2.37. The molecule has 1 saturated heterocycles. The number of piperidine rings is 1. The van der Waals surface area contributed by atoms with Gasteiger partial charge in [0.2, 0.25) is 5.91 Å². The first-order valence-corrected chi connectivity index (χ1v) is 9.86. The quantitative estimate of drug-likeness (QED) is 0.797. The minimum absolute atomic E-state index is 0.183. The zero-order valence-electron chi connectivity index (χ0n) is 14.7. The van der Waals surface area contributed by atoms with Crippen molar-refractivity contribution in [3.63, 3.8) is 0 Å². The third-order valence-corrected chi connectivity index (χ3v) is 5.90. The van der Waals surface area contributed by atoms with Gasteiger partial charge in [-0.25, -0.2) is 0 Å². The predicted molar refractivity (Wildman–Crippen MR) is 105 cm³/mol. The summed E-state index contributed by atoms with van der Waals surface area (Å²) in [6, 6.07) is 20.4. The number of likely N-dealkylation sites (tertiary alicyclic amines) is 1. The molecule has 0 aliphatic carbocycles. The maximum Gasteiger partial charge on any atom is 0.240 e. The van der Waals surface area contributed by atoms with Gasteiger partial charge >= 0.3 is 0 Å². The smallest absolute Gasteiger partial charge is 0.240 e. The molecular weight excluding hydrogens is 328 g/mol. The molecular formula is C21H26N2OS. The molecule has 1 aliphatic heterocycles.